The Kier molecular flexibility index (Phi) is 14.4. The molecule has 0 saturated carbocycles. The Labute approximate surface area is 336 Å². The number of tetrazole rings is 1. The predicted molar refractivity (Wildman–Crippen MR) is 210 cm³/mol. The summed E-state index contributed by atoms with van der Waals surface area (Å²) in [5.41, 5.74) is 5.08. The third-order valence-electron chi connectivity index (χ3n) is 9.98. The van der Waals surface area contributed by atoms with Crippen LogP contribution >= 0.6 is 0 Å². The average molecular weight is 799 g/mol. The molecule has 3 heterocycles. The molecule has 2 N–H and O–H groups in total. The molecule has 0 amide bonds. The topological polar surface area (TPSA) is 191 Å². The molecule has 6 rings (SSSR count). The van der Waals surface area contributed by atoms with Crippen molar-refractivity contribution in [2.24, 2.45) is 5.28 Å². The van der Waals surface area contributed by atoms with Crippen LogP contribution < -0.4 is 4.74 Å². The number of aromatic nitrogens is 6. The molecule has 1 aliphatic rings. The molecule has 17 nitrogen and oxygen atoms in total. The number of carbonyl (C=O) groups is 2. The van der Waals surface area contributed by atoms with Gasteiger partial charge in [-0.15, -0.1) is 10.1 Å². The largest absolute Gasteiger partial charge is 0.511 e. The van der Waals surface area contributed by atoms with Gasteiger partial charge in [-0.1, -0.05) is 67.4 Å². The van der Waals surface area contributed by atoms with Gasteiger partial charge in [-0.2, -0.15) is 4.98 Å². The van der Waals surface area contributed by atoms with Crippen LogP contribution in [0, 0.1) is 0 Å². The van der Waals surface area contributed by atoms with Crippen molar-refractivity contribution in [1.29, 1.82) is 0 Å². The highest BCUT2D eigenvalue weighted by molar-refractivity contribution is 6.02. The number of hydrogen-bond donors (Lipinski definition) is 2. The van der Waals surface area contributed by atoms with Crippen molar-refractivity contribution in [3.63, 3.8) is 0 Å². The second-order valence-electron chi connectivity index (χ2n) is 14.2. The summed E-state index contributed by atoms with van der Waals surface area (Å²) in [5.74, 6) is -0.118. The van der Waals surface area contributed by atoms with Crippen molar-refractivity contribution in [3.8, 4) is 28.5 Å². The van der Waals surface area contributed by atoms with Crippen molar-refractivity contribution in [2.45, 2.75) is 104 Å². The van der Waals surface area contributed by atoms with Crippen molar-refractivity contribution in [3.05, 3.63) is 77.9 Å². The molecule has 17 heteroatoms. The molecule has 1 saturated heterocycles. The average Bonchev–Trinajstić information content (AvgIpc) is 3.88. The quantitative estimate of drug-likeness (QED) is 0.0205. The molecule has 0 aliphatic carbocycles. The van der Waals surface area contributed by atoms with E-state index in [-0.39, 0.29) is 24.3 Å². The van der Waals surface area contributed by atoms with E-state index >= 15 is 0 Å². The van der Waals surface area contributed by atoms with E-state index in [4.69, 9.17) is 23.8 Å². The van der Waals surface area contributed by atoms with Gasteiger partial charge in [0.25, 0.3) is 16.3 Å². The van der Waals surface area contributed by atoms with E-state index in [1.165, 1.54) is 6.92 Å². The number of carbonyl (C=O) groups excluding carboxylic acids is 2. The third-order valence-corrected chi connectivity index (χ3v) is 9.98. The van der Waals surface area contributed by atoms with Gasteiger partial charge in [0.2, 0.25) is 6.29 Å². The molecule has 0 radical (unpaired) electrons. The SMILES string of the molecule is CCOc1nc2cccc(C(=O)OC(C)OC(=O)OCCCCCCCO/N=[N+](\O)N3[C@H](C)CCC[C@@H]3C)c2n1Cc1ccc(-c2ccccc2-c2nnn[nH]2)cc1. The van der Waals surface area contributed by atoms with Gasteiger partial charge in [0.1, 0.15) is 6.61 Å². The number of benzene rings is 3. The fourth-order valence-electron chi connectivity index (χ4n) is 7.16. The molecular formula is C41H52N9O8+. The Balaban J connectivity index is 0.968. The van der Waals surface area contributed by atoms with E-state index in [2.05, 4.69) is 44.7 Å². The number of unbranched alkanes of at least 4 members (excludes halogenated alkanes) is 4. The number of nitrogens with one attached hydrogen (secondary N) is 1. The van der Waals surface area contributed by atoms with Crippen LogP contribution in [0.4, 0.5) is 4.79 Å². The first-order chi connectivity index (χ1) is 28.2. The zero-order valence-electron chi connectivity index (χ0n) is 33.5. The molecule has 1 aliphatic heterocycles. The predicted octanol–water partition coefficient (Wildman–Crippen LogP) is 7.90. The van der Waals surface area contributed by atoms with Crippen molar-refractivity contribution >= 4 is 23.2 Å². The van der Waals surface area contributed by atoms with Crippen LogP contribution in [-0.2, 0) is 25.6 Å². The summed E-state index contributed by atoms with van der Waals surface area (Å²) >= 11 is 0. The van der Waals surface area contributed by atoms with Crippen LogP contribution in [0.5, 0.6) is 6.01 Å². The zero-order valence-corrected chi connectivity index (χ0v) is 33.5. The maximum absolute atomic E-state index is 13.5. The maximum atomic E-state index is 13.5. The van der Waals surface area contributed by atoms with Crippen LogP contribution in [0.2, 0.25) is 0 Å². The molecule has 3 atom stereocenters. The van der Waals surface area contributed by atoms with Gasteiger partial charge in [0.15, 0.2) is 5.82 Å². The molecule has 1 unspecified atom stereocenters. The molecular weight excluding hydrogens is 747 g/mol. The summed E-state index contributed by atoms with van der Waals surface area (Å²) in [6, 6.07) is 21.8. The Morgan fingerprint density at radius 1 is 0.931 bits per heavy atom. The lowest BCUT2D eigenvalue weighted by molar-refractivity contribution is -0.950. The minimum absolute atomic E-state index is 0.169. The third kappa shape index (κ3) is 10.6. The highest BCUT2D eigenvalue weighted by Crippen LogP contribution is 2.31. The Bertz CT molecular complexity index is 2110. The van der Waals surface area contributed by atoms with Crippen LogP contribution in [0.15, 0.2) is 72.0 Å². The molecule has 58 heavy (non-hydrogen) atoms. The Hall–Kier alpha value is -6.26. The molecule has 308 valence electrons. The molecule has 0 spiro atoms. The van der Waals surface area contributed by atoms with Crippen LogP contribution in [0.3, 0.4) is 0 Å². The number of imidazole rings is 1. The number of rotatable bonds is 19. The van der Waals surface area contributed by atoms with Gasteiger partial charge >= 0.3 is 12.1 Å². The molecule has 1 fully saturated rings. The monoisotopic (exact) mass is 798 g/mol. The van der Waals surface area contributed by atoms with E-state index in [0.717, 1.165) is 72.2 Å². The van der Waals surface area contributed by atoms with E-state index in [1.807, 2.05) is 65.0 Å². The summed E-state index contributed by atoms with van der Waals surface area (Å²) in [5, 5.41) is 30.2. The highest BCUT2D eigenvalue weighted by Gasteiger charge is 2.35. The minimum Gasteiger partial charge on any atom is -0.465 e. The van der Waals surface area contributed by atoms with Crippen LogP contribution in [0.1, 0.15) is 95.0 Å². The standard InChI is InChI=1S/C41H52N9O8/c1-5-54-40-42-36-20-14-19-35(37(36)48(40)27-31-21-23-32(24-22-31)33-17-9-10-18-34(33)38-43-45-46-44-38)39(51)57-30(4)58-41(52)55-25-11-7-6-8-12-26-56-47-50(53)49-28(2)15-13-16-29(49)3/h9-10,14,17-24,28-30H,5-8,11-13,15-16,25-27H2,1-4H3,(H,47,53)(H,43,44,45,46)/q+1/t28-,29+,30?. The lowest BCUT2D eigenvalue weighted by atomic mass is 9.98. The van der Waals surface area contributed by atoms with E-state index in [0.29, 0.717) is 49.0 Å². The summed E-state index contributed by atoms with van der Waals surface area (Å²) in [6.45, 7) is 8.75. The van der Waals surface area contributed by atoms with Crippen molar-refractivity contribution in [2.75, 3.05) is 19.8 Å². The number of para-hydroxylation sites is 1. The van der Waals surface area contributed by atoms with E-state index in [1.54, 1.807) is 18.2 Å². The second kappa shape index (κ2) is 20.2. The van der Waals surface area contributed by atoms with Crippen LogP contribution in [-0.4, -0.2) is 95.7 Å². The molecule has 2 aromatic heterocycles. The van der Waals surface area contributed by atoms with Gasteiger partial charge in [-0.3, -0.25) is 4.57 Å². The first-order valence-electron chi connectivity index (χ1n) is 19.9. The molecule has 3 aromatic carbocycles. The van der Waals surface area contributed by atoms with Gasteiger partial charge in [0, 0.05) is 12.5 Å². The van der Waals surface area contributed by atoms with Crippen molar-refractivity contribution in [1.82, 2.24) is 35.2 Å². The van der Waals surface area contributed by atoms with E-state index in [9.17, 15) is 14.8 Å². The fraction of sp³-hybridized carbons (Fsp3) is 0.463. The highest BCUT2D eigenvalue weighted by atomic mass is 16.8. The summed E-state index contributed by atoms with van der Waals surface area (Å²) < 4.78 is 23.7. The fourth-order valence-corrected chi connectivity index (χ4v) is 7.16. The lowest BCUT2D eigenvalue weighted by Gasteiger charge is -2.30. The number of nitrogens with zero attached hydrogens (tertiary/aromatic N) is 8. The first-order valence-corrected chi connectivity index (χ1v) is 19.9. The number of esters is 1. The lowest BCUT2D eigenvalue weighted by Crippen LogP contribution is -2.48. The number of fused-ring (bicyclic) bond motifs is 1. The number of hydrazine groups is 1. The zero-order chi connectivity index (χ0) is 40.9. The number of H-pyrrole nitrogens is 1. The van der Waals surface area contributed by atoms with Gasteiger partial charge < -0.3 is 23.8 Å². The summed E-state index contributed by atoms with van der Waals surface area (Å²) in [4.78, 5) is 36.7. The second-order valence-corrected chi connectivity index (χ2v) is 14.2. The number of hydrogen-bond acceptors (Lipinski definition) is 12. The van der Waals surface area contributed by atoms with E-state index < -0.39 is 18.4 Å². The number of piperidine rings is 1. The number of ether oxygens (including phenoxy) is 4. The Morgan fingerprint density at radius 2 is 1.66 bits per heavy atom. The normalized spacial score (nSPS) is 16.2. The summed E-state index contributed by atoms with van der Waals surface area (Å²) in [7, 11) is 0. The number of aromatic amines is 1. The Morgan fingerprint density at radius 3 is 2.38 bits per heavy atom. The van der Waals surface area contributed by atoms with Gasteiger partial charge in [-0.05, 0) is 98.5 Å². The molecule has 5 aromatic rings. The minimum atomic E-state index is -1.21. The maximum Gasteiger partial charge on any atom is 0.511 e. The van der Waals surface area contributed by atoms with Crippen LogP contribution in [0.25, 0.3) is 33.5 Å². The first kappa shape index (κ1) is 41.4. The van der Waals surface area contributed by atoms with Gasteiger partial charge in [-0.25, -0.2) is 19.9 Å². The van der Waals surface area contributed by atoms with Gasteiger partial charge in [0.05, 0.1) is 48.4 Å². The van der Waals surface area contributed by atoms with Crippen molar-refractivity contribution < 1.29 is 43.6 Å². The molecule has 0 bridgehead atoms. The summed E-state index contributed by atoms with van der Waals surface area (Å²) in [6.07, 6.45) is 5.10. The smallest absolute Gasteiger partial charge is 0.465 e.